The molecule has 1 saturated carbocycles. The van der Waals surface area contributed by atoms with Crippen LogP contribution in [0.3, 0.4) is 0 Å². The van der Waals surface area contributed by atoms with Crippen molar-refractivity contribution < 1.29 is 15.0 Å². The summed E-state index contributed by atoms with van der Waals surface area (Å²) in [5, 5.41) is 18.2. The third kappa shape index (κ3) is 1.80. The summed E-state index contributed by atoms with van der Waals surface area (Å²) in [6.07, 6.45) is 6.76. The highest BCUT2D eigenvalue weighted by molar-refractivity contribution is 5.87. The smallest absolute Gasteiger partial charge is 0.341 e. The van der Waals surface area contributed by atoms with Gasteiger partial charge in [-0.05, 0) is 12.8 Å². The van der Waals surface area contributed by atoms with E-state index in [-0.39, 0.29) is 11.6 Å². The van der Waals surface area contributed by atoms with Crippen LogP contribution in [0.25, 0.3) is 0 Å². The maximum Gasteiger partial charge on any atom is 0.341 e. The Hall–Kier alpha value is -1.78. The molecule has 5 nitrogen and oxygen atoms in total. The normalized spacial score (nSPS) is 16.5. The van der Waals surface area contributed by atoms with Gasteiger partial charge in [-0.1, -0.05) is 12.8 Å². The molecule has 1 fully saturated rings. The first-order valence-electron chi connectivity index (χ1n) is 5.27. The fraction of sp³-hybridized carbons (Fsp3) is 0.455. The first kappa shape index (κ1) is 10.7. The largest absolute Gasteiger partial charge is 0.503 e. The van der Waals surface area contributed by atoms with Crippen LogP contribution in [0.2, 0.25) is 0 Å². The summed E-state index contributed by atoms with van der Waals surface area (Å²) in [6.45, 7) is 0. The van der Waals surface area contributed by atoms with E-state index in [9.17, 15) is 14.7 Å². The fourth-order valence-corrected chi connectivity index (χ4v) is 2.15. The lowest BCUT2D eigenvalue weighted by atomic mass is 10.2. The van der Waals surface area contributed by atoms with Gasteiger partial charge in [0.1, 0.15) is 5.56 Å². The van der Waals surface area contributed by atoms with Gasteiger partial charge in [-0.25, -0.2) is 4.79 Å². The molecule has 16 heavy (non-hydrogen) atoms. The van der Waals surface area contributed by atoms with Crippen molar-refractivity contribution in [1.29, 1.82) is 0 Å². The van der Waals surface area contributed by atoms with Crippen LogP contribution in [0.1, 0.15) is 42.1 Å². The molecule has 1 heterocycles. The number of aromatic carboxylic acids is 1. The number of nitrogens with zero attached hydrogens (tertiary/aromatic N) is 1. The van der Waals surface area contributed by atoms with Crippen LogP contribution >= 0.6 is 0 Å². The minimum atomic E-state index is -1.30. The molecule has 0 radical (unpaired) electrons. The Balaban J connectivity index is 2.47. The molecule has 86 valence electrons. The summed E-state index contributed by atoms with van der Waals surface area (Å²) in [5.74, 6) is -1.79. The van der Waals surface area contributed by atoms with Crippen molar-refractivity contribution in [2.75, 3.05) is 0 Å². The molecule has 5 heteroatoms. The van der Waals surface area contributed by atoms with E-state index in [1.807, 2.05) is 0 Å². The zero-order valence-electron chi connectivity index (χ0n) is 8.72. The second-order valence-corrected chi connectivity index (χ2v) is 4.08. The van der Waals surface area contributed by atoms with Gasteiger partial charge < -0.3 is 14.8 Å². The summed E-state index contributed by atoms with van der Waals surface area (Å²) >= 11 is 0. The molecule has 0 atom stereocenters. The molecular weight excluding hydrogens is 210 g/mol. The molecule has 0 bridgehead atoms. The fourth-order valence-electron chi connectivity index (χ4n) is 2.15. The predicted molar refractivity (Wildman–Crippen MR) is 56.8 cm³/mol. The van der Waals surface area contributed by atoms with Crippen LogP contribution < -0.4 is 5.43 Å². The molecule has 1 aromatic heterocycles. The molecule has 2 rings (SSSR count). The highest BCUT2D eigenvalue weighted by Gasteiger charge is 2.20. The van der Waals surface area contributed by atoms with Crippen molar-refractivity contribution in [3.8, 4) is 5.75 Å². The second kappa shape index (κ2) is 4.00. The van der Waals surface area contributed by atoms with Gasteiger partial charge >= 0.3 is 5.97 Å². The Labute approximate surface area is 92.0 Å². The lowest BCUT2D eigenvalue weighted by molar-refractivity contribution is 0.0693. The lowest BCUT2D eigenvalue weighted by Gasteiger charge is -2.15. The minimum absolute atomic E-state index is 0.199. The number of pyridine rings is 1. The average molecular weight is 223 g/mol. The highest BCUT2D eigenvalue weighted by atomic mass is 16.4. The Bertz CT molecular complexity index is 471. The van der Waals surface area contributed by atoms with E-state index in [0.717, 1.165) is 25.7 Å². The van der Waals surface area contributed by atoms with Gasteiger partial charge in [-0.15, -0.1) is 0 Å². The minimum Gasteiger partial charge on any atom is -0.503 e. The molecule has 1 aliphatic carbocycles. The standard InChI is InChI=1S/C11H13NO4/c13-9-6-12(7-3-1-2-4-7)5-8(10(9)14)11(15)16/h5-7,13H,1-4H2,(H,15,16). The van der Waals surface area contributed by atoms with E-state index >= 15 is 0 Å². The van der Waals surface area contributed by atoms with Gasteiger partial charge in [0.2, 0.25) is 5.43 Å². The molecule has 2 N–H and O–H groups in total. The van der Waals surface area contributed by atoms with Gasteiger partial charge in [0, 0.05) is 12.2 Å². The van der Waals surface area contributed by atoms with Crippen molar-refractivity contribution in [3.63, 3.8) is 0 Å². The van der Waals surface area contributed by atoms with Gasteiger partial charge in [-0.2, -0.15) is 0 Å². The summed E-state index contributed by atoms with van der Waals surface area (Å²) in [6, 6.07) is 0.199. The lowest BCUT2D eigenvalue weighted by Crippen LogP contribution is -2.18. The van der Waals surface area contributed by atoms with Crippen LogP contribution in [-0.2, 0) is 0 Å². The van der Waals surface area contributed by atoms with Crippen LogP contribution in [-0.4, -0.2) is 20.7 Å². The number of aromatic nitrogens is 1. The quantitative estimate of drug-likeness (QED) is 0.793. The van der Waals surface area contributed by atoms with E-state index in [4.69, 9.17) is 5.11 Å². The third-order valence-electron chi connectivity index (χ3n) is 3.00. The van der Waals surface area contributed by atoms with Crippen molar-refractivity contribution in [2.45, 2.75) is 31.7 Å². The molecule has 1 aromatic rings. The number of hydrogen-bond acceptors (Lipinski definition) is 3. The maximum atomic E-state index is 11.3. The third-order valence-corrected chi connectivity index (χ3v) is 3.00. The van der Waals surface area contributed by atoms with E-state index in [0.29, 0.717) is 0 Å². The zero-order chi connectivity index (χ0) is 11.7. The molecule has 0 aromatic carbocycles. The van der Waals surface area contributed by atoms with Gasteiger partial charge in [0.25, 0.3) is 0 Å². The predicted octanol–water partition coefficient (Wildman–Crippen LogP) is 1.37. The molecule has 0 spiro atoms. The SMILES string of the molecule is O=C(O)c1cn(C2CCCC2)cc(O)c1=O. The number of carboxylic acids is 1. The van der Waals surface area contributed by atoms with Crippen LogP contribution in [0.5, 0.6) is 5.75 Å². The monoisotopic (exact) mass is 223 g/mol. The Morgan fingerprint density at radius 3 is 2.50 bits per heavy atom. The molecule has 0 unspecified atom stereocenters. The summed E-state index contributed by atoms with van der Waals surface area (Å²) < 4.78 is 1.65. The van der Waals surface area contributed by atoms with E-state index in [1.165, 1.54) is 12.4 Å². The Morgan fingerprint density at radius 1 is 1.31 bits per heavy atom. The summed E-state index contributed by atoms with van der Waals surface area (Å²) in [4.78, 5) is 22.1. The molecule has 0 amide bonds. The first-order valence-corrected chi connectivity index (χ1v) is 5.27. The van der Waals surface area contributed by atoms with Crippen LogP contribution in [0, 0.1) is 0 Å². The maximum absolute atomic E-state index is 11.3. The zero-order valence-corrected chi connectivity index (χ0v) is 8.72. The van der Waals surface area contributed by atoms with E-state index in [2.05, 4.69) is 0 Å². The summed E-state index contributed by atoms with van der Waals surface area (Å²) in [7, 11) is 0. The van der Waals surface area contributed by atoms with Crippen molar-refractivity contribution in [1.82, 2.24) is 4.57 Å². The van der Waals surface area contributed by atoms with E-state index < -0.39 is 17.1 Å². The topological polar surface area (TPSA) is 79.5 Å². The number of carbonyl (C=O) groups is 1. The number of carboxylic acid groups (broad SMARTS) is 1. The van der Waals surface area contributed by atoms with E-state index in [1.54, 1.807) is 4.57 Å². The van der Waals surface area contributed by atoms with Crippen molar-refractivity contribution in [2.24, 2.45) is 0 Å². The van der Waals surface area contributed by atoms with Crippen LogP contribution in [0.15, 0.2) is 17.2 Å². The Morgan fingerprint density at radius 2 is 1.94 bits per heavy atom. The van der Waals surface area contributed by atoms with Crippen molar-refractivity contribution >= 4 is 5.97 Å². The Kier molecular flexibility index (Phi) is 2.68. The number of rotatable bonds is 2. The second-order valence-electron chi connectivity index (χ2n) is 4.08. The van der Waals surface area contributed by atoms with Crippen LogP contribution in [0.4, 0.5) is 0 Å². The first-order chi connectivity index (χ1) is 7.59. The number of aromatic hydroxyl groups is 1. The molecule has 0 aliphatic heterocycles. The van der Waals surface area contributed by atoms with Gasteiger partial charge in [0.15, 0.2) is 5.75 Å². The summed E-state index contributed by atoms with van der Waals surface area (Å²) in [5.41, 5.74) is -1.19. The van der Waals surface area contributed by atoms with Gasteiger partial charge in [-0.3, -0.25) is 4.79 Å². The molecular formula is C11H13NO4. The molecule has 1 aliphatic rings. The average Bonchev–Trinajstić information content (AvgIpc) is 2.74. The number of hydrogen-bond donors (Lipinski definition) is 2. The van der Waals surface area contributed by atoms with Gasteiger partial charge in [0.05, 0.1) is 6.20 Å². The highest BCUT2D eigenvalue weighted by Crippen LogP contribution is 2.29. The molecule has 0 saturated heterocycles. The van der Waals surface area contributed by atoms with Crippen molar-refractivity contribution in [3.05, 3.63) is 28.2 Å².